The van der Waals surface area contributed by atoms with Gasteiger partial charge in [-0.25, -0.2) is 10.5 Å². The SMILES string of the molecule is N#Cc1ccc(NOCC2CCOC2)nc1. The summed E-state index contributed by atoms with van der Waals surface area (Å²) in [6.45, 7) is 2.20. The highest BCUT2D eigenvalue weighted by Gasteiger charge is 2.15. The summed E-state index contributed by atoms with van der Waals surface area (Å²) in [6, 6.07) is 5.41. The molecule has 1 unspecified atom stereocenters. The van der Waals surface area contributed by atoms with Crippen molar-refractivity contribution < 1.29 is 9.57 Å². The molecular formula is C11H13N3O2. The quantitative estimate of drug-likeness (QED) is 0.774. The van der Waals surface area contributed by atoms with Gasteiger partial charge in [-0.05, 0) is 18.6 Å². The molecule has 84 valence electrons. The third-order valence-electron chi connectivity index (χ3n) is 2.41. The Morgan fingerprint density at radius 3 is 3.19 bits per heavy atom. The van der Waals surface area contributed by atoms with E-state index < -0.39 is 0 Å². The van der Waals surface area contributed by atoms with Gasteiger partial charge >= 0.3 is 0 Å². The van der Waals surface area contributed by atoms with Gasteiger partial charge in [0.2, 0.25) is 0 Å². The van der Waals surface area contributed by atoms with Crippen molar-refractivity contribution in [2.45, 2.75) is 6.42 Å². The molecule has 1 N–H and O–H groups in total. The van der Waals surface area contributed by atoms with E-state index in [1.807, 2.05) is 6.07 Å². The van der Waals surface area contributed by atoms with Crippen LogP contribution in [-0.4, -0.2) is 24.8 Å². The van der Waals surface area contributed by atoms with E-state index in [4.69, 9.17) is 14.8 Å². The van der Waals surface area contributed by atoms with Crippen LogP contribution in [0.4, 0.5) is 5.82 Å². The summed E-state index contributed by atoms with van der Waals surface area (Å²) in [5.41, 5.74) is 3.28. The van der Waals surface area contributed by atoms with E-state index in [1.54, 1.807) is 12.1 Å². The minimum absolute atomic E-state index is 0.464. The second-order valence-corrected chi connectivity index (χ2v) is 3.69. The van der Waals surface area contributed by atoms with Crippen molar-refractivity contribution >= 4 is 5.82 Å². The second-order valence-electron chi connectivity index (χ2n) is 3.69. The fraction of sp³-hybridized carbons (Fsp3) is 0.455. The number of rotatable bonds is 4. The first-order valence-electron chi connectivity index (χ1n) is 5.20. The van der Waals surface area contributed by atoms with Gasteiger partial charge < -0.3 is 4.74 Å². The molecule has 0 amide bonds. The van der Waals surface area contributed by atoms with E-state index in [2.05, 4.69) is 10.5 Å². The van der Waals surface area contributed by atoms with Crippen molar-refractivity contribution in [3.8, 4) is 6.07 Å². The molecule has 2 heterocycles. The number of nitriles is 1. The lowest BCUT2D eigenvalue weighted by molar-refractivity contribution is 0.126. The molecular weight excluding hydrogens is 206 g/mol. The molecule has 0 aliphatic carbocycles. The molecule has 1 atom stereocenters. The third-order valence-corrected chi connectivity index (χ3v) is 2.41. The lowest BCUT2D eigenvalue weighted by Crippen LogP contribution is -2.13. The first-order valence-corrected chi connectivity index (χ1v) is 5.20. The number of hydrogen-bond acceptors (Lipinski definition) is 5. The Balaban J connectivity index is 1.74. The van der Waals surface area contributed by atoms with Crippen LogP contribution in [0.3, 0.4) is 0 Å². The molecule has 16 heavy (non-hydrogen) atoms. The summed E-state index contributed by atoms with van der Waals surface area (Å²) in [5, 5.41) is 8.59. The maximum absolute atomic E-state index is 8.59. The number of nitrogens with zero attached hydrogens (tertiary/aromatic N) is 2. The third kappa shape index (κ3) is 2.92. The lowest BCUT2D eigenvalue weighted by Gasteiger charge is -2.09. The molecule has 2 rings (SSSR count). The van der Waals surface area contributed by atoms with Crippen LogP contribution in [0, 0.1) is 17.2 Å². The zero-order valence-electron chi connectivity index (χ0n) is 8.85. The van der Waals surface area contributed by atoms with E-state index in [9.17, 15) is 0 Å². The van der Waals surface area contributed by atoms with Crippen molar-refractivity contribution in [1.82, 2.24) is 4.98 Å². The molecule has 0 radical (unpaired) electrons. The van der Waals surface area contributed by atoms with Crippen LogP contribution in [0.5, 0.6) is 0 Å². The number of aromatic nitrogens is 1. The minimum atomic E-state index is 0.464. The molecule has 0 spiro atoms. The Hall–Kier alpha value is -1.64. The van der Waals surface area contributed by atoms with E-state index in [1.165, 1.54) is 6.20 Å². The normalized spacial score (nSPS) is 19.3. The largest absolute Gasteiger partial charge is 0.381 e. The maximum atomic E-state index is 8.59. The fourth-order valence-electron chi connectivity index (χ4n) is 1.47. The molecule has 5 nitrogen and oxygen atoms in total. The Morgan fingerprint density at radius 1 is 1.62 bits per heavy atom. The van der Waals surface area contributed by atoms with Crippen molar-refractivity contribution in [2.24, 2.45) is 5.92 Å². The highest BCUT2D eigenvalue weighted by Crippen LogP contribution is 2.12. The first-order chi connectivity index (χ1) is 7.88. The summed E-state index contributed by atoms with van der Waals surface area (Å²) in [4.78, 5) is 9.33. The summed E-state index contributed by atoms with van der Waals surface area (Å²) in [7, 11) is 0. The fourth-order valence-corrected chi connectivity index (χ4v) is 1.47. The molecule has 1 aromatic heterocycles. The van der Waals surface area contributed by atoms with Crippen LogP contribution in [0.15, 0.2) is 18.3 Å². The number of hydrogen-bond donors (Lipinski definition) is 1. The molecule has 0 aromatic carbocycles. The predicted molar refractivity (Wildman–Crippen MR) is 57.5 cm³/mol. The molecule has 1 aliphatic rings. The highest BCUT2D eigenvalue weighted by atomic mass is 16.6. The van der Waals surface area contributed by atoms with Crippen LogP contribution >= 0.6 is 0 Å². The number of anilines is 1. The number of nitrogens with one attached hydrogen (secondary N) is 1. The van der Waals surface area contributed by atoms with Crippen molar-refractivity contribution in [2.75, 3.05) is 25.3 Å². The van der Waals surface area contributed by atoms with Gasteiger partial charge in [0.1, 0.15) is 11.9 Å². The summed E-state index contributed by atoms with van der Waals surface area (Å²) in [5.74, 6) is 1.07. The van der Waals surface area contributed by atoms with E-state index >= 15 is 0 Å². The van der Waals surface area contributed by atoms with Crippen LogP contribution in [0.25, 0.3) is 0 Å². The zero-order valence-corrected chi connectivity index (χ0v) is 8.85. The predicted octanol–water partition coefficient (Wildman–Crippen LogP) is 1.33. The van der Waals surface area contributed by atoms with Gasteiger partial charge in [0.05, 0.1) is 18.8 Å². The first kappa shape index (κ1) is 10.9. The molecule has 0 bridgehead atoms. The zero-order chi connectivity index (χ0) is 11.2. The van der Waals surface area contributed by atoms with E-state index in [0.717, 1.165) is 19.6 Å². The summed E-state index contributed by atoms with van der Waals surface area (Å²) < 4.78 is 5.23. The van der Waals surface area contributed by atoms with Gasteiger partial charge in [-0.3, -0.25) is 4.84 Å². The molecule has 1 aromatic rings. The maximum Gasteiger partial charge on any atom is 0.149 e. The topological polar surface area (TPSA) is 67.2 Å². The summed E-state index contributed by atoms with van der Waals surface area (Å²) in [6.07, 6.45) is 2.55. The smallest absolute Gasteiger partial charge is 0.149 e. The van der Waals surface area contributed by atoms with Gasteiger partial charge in [-0.2, -0.15) is 5.26 Å². The molecule has 5 heteroatoms. The number of pyridine rings is 1. The standard InChI is InChI=1S/C11H13N3O2/c12-5-9-1-2-11(13-6-9)14-16-8-10-3-4-15-7-10/h1-2,6,10H,3-4,7-8H2,(H,13,14). The van der Waals surface area contributed by atoms with Crippen LogP contribution in [0.1, 0.15) is 12.0 Å². The second kappa shape index (κ2) is 5.45. The van der Waals surface area contributed by atoms with Gasteiger partial charge in [0.25, 0.3) is 0 Å². The molecule has 0 saturated carbocycles. The number of ether oxygens (including phenoxy) is 1. The molecule has 1 saturated heterocycles. The highest BCUT2D eigenvalue weighted by molar-refractivity contribution is 5.37. The summed E-state index contributed by atoms with van der Waals surface area (Å²) >= 11 is 0. The minimum Gasteiger partial charge on any atom is -0.381 e. The van der Waals surface area contributed by atoms with Gasteiger partial charge in [-0.1, -0.05) is 0 Å². The monoisotopic (exact) mass is 219 g/mol. The average Bonchev–Trinajstić information content (AvgIpc) is 2.83. The van der Waals surface area contributed by atoms with Crippen LogP contribution < -0.4 is 5.48 Å². The van der Waals surface area contributed by atoms with E-state index in [-0.39, 0.29) is 0 Å². The van der Waals surface area contributed by atoms with Gasteiger partial charge in [0, 0.05) is 18.7 Å². The van der Waals surface area contributed by atoms with Crippen LogP contribution in [0.2, 0.25) is 0 Å². The van der Waals surface area contributed by atoms with Gasteiger partial charge in [-0.15, -0.1) is 0 Å². The molecule has 1 fully saturated rings. The lowest BCUT2D eigenvalue weighted by atomic mass is 10.1. The Morgan fingerprint density at radius 2 is 2.56 bits per heavy atom. The Bertz CT molecular complexity index is 366. The van der Waals surface area contributed by atoms with Crippen molar-refractivity contribution in [3.05, 3.63) is 23.9 Å². The van der Waals surface area contributed by atoms with Gasteiger partial charge in [0.15, 0.2) is 0 Å². The van der Waals surface area contributed by atoms with Crippen molar-refractivity contribution in [1.29, 1.82) is 5.26 Å². The average molecular weight is 219 g/mol. The Kier molecular flexibility index (Phi) is 3.70. The van der Waals surface area contributed by atoms with Crippen LogP contribution in [-0.2, 0) is 9.57 Å². The van der Waals surface area contributed by atoms with E-state index in [0.29, 0.717) is 23.9 Å². The van der Waals surface area contributed by atoms with Crippen molar-refractivity contribution in [3.63, 3.8) is 0 Å². The Labute approximate surface area is 94.0 Å². The molecule has 1 aliphatic heterocycles.